The molecule has 1 aromatic heterocycles. The predicted octanol–water partition coefficient (Wildman–Crippen LogP) is 3.78. The van der Waals surface area contributed by atoms with Crippen molar-refractivity contribution in [2.24, 2.45) is 5.73 Å². The van der Waals surface area contributed by atoms with Gasteiger partial charge in [-0.3, -0.25) is 4.79 Å². The van der Waals surface area contributed by atoms with Crippen molar-refractivity contribution in [2.75, 3.05) is 56.5 Å². The zero-order chi connectivity index (χ0) is 27.6. The number of carbonyl (C=O) groups excluding carboxylic acids is 2. The first-order valence-electron chi connectivity index (χ1n) is 15.0. The number of aromatic nitrogens is 2. The number of piperidine rings is 2. The third-order valence-electron chi connectivity index (χ3n) is 9.42. The standard InChI is InChI=1S/C30H42N8O2/c1-35-17-18-38(30(35)40)25-7-4-14-37(20-25)26-19-32-27(28(31)39)29(34-26)33-23-10-8-21(9-11-23)22-12-15-36(16-13-22)24-5-2-3-6-24/h8-11,19,22,24-25H,2-7,12-18,20H2,1H3,(H2,31,39)(H,33,34)/t25-/m1/s1. The van der Waals surface area contributed by atoms with E-state index in [0.717, 1.165) is 44.2 Å². The first-order valence-corrected chi connectivity index (χ1v) is 15.0. The minimum absolute atomic E-state index is 0.0900. The molecule has 214 valence electrons. The summed E-state index contributed by atoms with van der Waals surface area (Å²) in [6.45, 7) is 5.42. The van der Waals surface area contributed by atoms with Gasteiger partial charge in [0.15, 0.2) is 11.5 Å². The number of primary amides is 1. The van der Waals surface area contributed by atoms with Crippen LogP contribution in [0.2, 0.25) is 0 Å². The topological polar surface area (TPSA) is 111 Å². The summed E-state index contributed by atoms with van der Waals surface area (Å²) in [4.78, 5) is 42.5. The molecule has 10 nitrogen and oxygen atoms in total. The summed E-state index contributed by atoms with van der Waals surface area (Å²) in [5, 5.41) is 3.31. The molecule has 6 rings (SSSR count). The Morgan fingerprint density at radius 1 is 0.925 bits per heavy atom. The number of benzene rings is 1. The smallest absolute Gasteiger partial charge is 0.320 e. The van der Waals surface area contributed by atoms with Gasteiger partial charge in [0, 0.05) is 45.0 Å². The Labute approximate surface area is 236 Å². The van der Waals surface area contributed by atoms with Gasteiger partial charge in [0.2, 0.25) is 0 Å². The molecule has 1 aromatic carbocycles. The van der Waals surface area contributed by atoms with Crippen LogP contribution < -0.4 is 16.0 Å². The van der Waals surface area contributed by atoms with Gasteiger partial charge in [0.05, 0.1) is 12.2 Å². The van der Waals surface area contributed by atoms with Crippen LogP contribution in [-0.4, -0.2) is 95.0 Å². The van der Waals surface area contributed by atoms with Crippen molar-refractivity contribution in [3.8, 4) is 0 Å². The summed E-state index contributed by atoms with van der Waals surface area (Å²) in [5.74, 6) is 1.02. The monoisotopic (exact) mass is 546 g/mol. The van der Waals surface area contributed by atoms with E-state index in [1.165, 1.54) is 57.2 Å². The lowest BCUT2D eigenvalue weighted by molar-refractivity contribution is 0.0996. The minimum atomic E-state index is -0.616. The molecule has 3 saturated heterocycles. The molecule has 0 spiro atoms. The van der Waals surface area contributed by atoms with E-state index in [9.17, 15) is 9.59 Å². The Kier molecular flexibility index (Phi) is 7.78. The number of nitrogens with one attached hydrogen (secondary N) is 1. The lowest BCUT2D eigenvalue weighted by atomic mass is 9.88. The minimum Gasteiger partial charge on any atom is -0.364 e. The van der Waals surface area contributed by atoms with E-state index in [2.05, 4.69) is 44.4 Å². The van der Waals surface area contributed by atoms with E-state index >= 15 is 0 Å². The summed E-state index contributed by atoms with van der Waals surface area (Å²) in [6, 6.07) is 9.54. The molecule has 3 aliphatic heterocycles. The van der Waals surface area contributed by atoms with E-state index in [4.69, 9.17) is 10.7 Å². The van der Waals surface area contributed by atoms with Crippen LogP contribution in [0.3, 0.4) is 0 Å². The summed E-state index contributed by atoms with van der Waals surface area (Å²) < 4.78 is 0. The molecule has 0 radical (unpaired) electrons. The van der Waals surface area contributed by atoms with Crippen molar-refractivity contribution in [1.82, 2.24) is 24.7 Å². The molecule has 3 N–H and O–H groups in total. The molecule has 3 amide bonds. The van der Waals surface area contributed by atoms with Crippen molar-refractivity contribution in [2.45, 2.75) is 69.4 Å². The van der Waals surface area contributed by atoms with E-state index in [-0.39, 0.29) is 17.8 Å². The third-order valence-corrected chi connectivity index (χ3v) is 9.42. The van der Waals surface area contributed by atoms with Gasteiger partial charge in [-0.1, -0.05) is 25.0 Å². The Bertz CT molecular complexity index is 1210. The van der Waals surface area contributed by atoms with E-state index < -0.39 is 5.91 Å². The molecular formula is C30H42N8O2. The summed E-state index contributed by atoms with van der Waals surface area (Å²) >= 11 is 0. The SMILES string of the molecule is CN1CCN([C@@H]2CCCN(c3cnc(C(N)=O)c(Nc4ccc(C5CCN(C6CCCC6)CC5)cc4)n3)C2)C1=O. The second kappa shape index (κ2) is 11.6. The van der Waals surface area contributed by atoms with Gasteiger partial charge < -0.3 is 30.7 Å². The first kappa shape index (κ1) is 26.8. The summed E-state index contributed by atoms with van der Waals surface area (Å²) in [6.07, 6.45) is 11.5. The van der Waals surface area contributed by atoms with Gasteiger partial charge in [-0.2, -0.15) is 0 Å². The van der Waals surface area contributed by atoms with Crippen LogP contribution in [0, 0.1) is 0 Å². The predicted molar refractivity (Wildman–Crippen MR) is 156 cm³/mol. The number of rotatable bonds is 7. The first-order chi connectivity index (χ1) is 19.5. The van der Waals surface area contributed by atoms with Gasteiger partial charge >= 0.3 is 6.03 Å². The van der Waals surface area contributed by atoms with Crippen molar-refractivity contribution in [1.29, 1.82) is 0 Å². The Morgan fingerprint density at radius 3 is 2.33 bits per heavy atom. The molecule has 1 aliphatic carbocycles. The number of likely N-dealkylation sites (tertiary alicyclic amines) is 1. The van der Waals surface area contributed by atoms with Crippen LogP contribution >= 0.6 is 0 Å². The fourth-order valence-electron chi connectivity index (χ4n) is 7.07. The molecule has 0 bridgehead atoms. The molecule has 2 aromatic rings. The number of urea groups is 1. The number of nitrogens with zero attached hydrogens (tertiary/aromatic N) is 6. The van der Waals surface area contributed by atoms with Crippen LogP contribution in [0.4, 0.5) is 22.1 Å². The number of carbonyl (C=O) groups is 2. The third kappa shape index (κ3) is 5.59. The van der Waals surface area contributed by atoms with Gasteiger partial charge in [0.1, 0.15) is 5.82 Å². The number of hydrogen-bond acceptors (Lipinski definition) is 7. The van der Waals surface area contributed by atoms with Crippen LogP contribution in [0.15, 0.2) is 30.5 Å². The lowest BCUT2D eigenvalue weighted by Crippen LogP contribution is -2.49. The normalized spacial score (nSPS) is 23.3. The highest BCUT2D eigenvalue weighted by Crippen LogP contribution is 2.33. The van der Waals surface area contributed by atoms with Crippen LogP contribution in [0.1, 0.15) is 73.3 Å². The molecule has 1 atom stereocenters. The maximum atomic E-state index is 12.6. The highest BCUT2D eigenvalue weighted by molar-refractivity contribution is 5.96. The number of hydrogen-bond donors (Lipinski definition) is 2. The molecule has 4 heterocycles. The van der Waals surface area contributed by atoms with Gasteiger partial charge in [-0.15, -0.1) is 0 Å². The van der Waals surface area contributed by atoms with Gasteiger partial charge in [0.25, 0.3) is 5.91 Å². The van der Waals surface area contributed by atoms with Gasteiger partial charge in [-0.25, -0.2) is 14.8 Å². The van der Waals surface area contributed by atoms with Gasteiger partial charge in [-0.05, 0) is 75.2 Å². The number of likely N-dealkylation sites (N-methyl/N-ethyl adjacent to an activating group) is 1. The van der Waals surface area contributed by atoms with Crippen LogP contribution in [-0.2, 0) is 0 Å². The molecule has 10 heteroatoms. The summed E-state index contributed by atoms with van der Waals surface area (Å²) in [7, 11) is 1.85. The largest absolute Gasteiger partial charge is 0.364 e. The van der Waals surface area contributed by atoms with Crippen molar-refractivity contribution >= 4 is 29.3 Å². The molecule has 0 unspecified atom stereocenters. The second-order valence-corrected chi connectivity index (χ2v) is 11.9. The van der Waals surface area contributed by atoms with Crippen molar-refractivity contribution in [3.63, 3.8) is 0 Å². The molecule has 4 fully saturated rings. The van der Waals surface area contributed by atoms with Crippen LogP contribution in [0.25, 0.3) is 0 Å². The highest BCUT2D eigenvalue weighted by Gasteiger charge is 2.35. The lowest BCUT2D eigenvalue weighted by Gasteiger charge is -2.37. The number of anilines is 3. The van der Waals surface area contributed by atoms with Crippen molar-refractivity contribution in [3.05, 3.63) is 41.7 Å². The molecule has 4 aliphatic rings. The van der Waals surface area contributed by atoms with E-state index in [1.807, 2.05) is 11.9 Å². The maximum Gasteiger partial charge on any atom is 0.320 e. The fraction of sp³-hybridized carbons (Fsp3) is 0.600. The van der Waals surface area contributed by atoms with Crippen molar-refractivity contribution < 1.29 is 9.59 Å². The number of nitrogens with two attached hydrogens (primary N) is 1. The Balaban J connectivity index is 1.12. The van der Waals surface area contributed by atoms with E-state index in [0.29, 0.717) is 24.1 Å². The average molecular weight is 547 g/mol. The fourth-order valence-corrected chi connectivity index (χ4v) is 7.07. The quantitative estimate of drug-likeness (QED) is 0.544. The second-order valence-electron chi connectivity index (χ2n) is 11.9. The Hall–Kier alpha value is -3.40. The Morgan fingerprint density at radius 2 is 1.65 bits per heavy atom. The zero-order valence-electron chi connectivity index (χ0n) is 23.6. The molecule has 1 saturated carbocycles. The van der Waals surface area contributed by atoms with Crippen LogP contribution in [0.5, 0.6) is 0 Å². The maximum absolute atomic E-state index is 12.6. The molecule has 40 heavy (non-hydrogen) atoms. The van der Waals surface area contributed by atoms with E-state index in [1.54, 1.807) is 11.1 Å². The number of amides is 3. The zero-order valence-corrected chi connectivity index (χ0v) is 23.6. The summed E-state index contributed by atoms with van der Waals surface area (Å²) in [5.41, 5.74) is 8.00. The average Bonchev–Trinajstić information content (AvgIpc) is 3.64. The highest BCUT2D eigenvalue weighted by atomic mass is 16.2. The molecular weight excluding hydrogens is 504 g/mol.